The summed E-state index contributed by atoms with van der Waals surface area (Å²) in [5, 5.41) is 22.4. The maximum atomic E-state index is 10.9. The molecule has 110 valence electrons. The van der Waals surface area contributed by atoms with Crippen LogP contribution in [-0.2, 0) is 5.54 Å². The Kier molecular flexibility index (Phi) is 3.32. The second kappa shape index (κ2) is 5.03. The summed E-state index contributed by atoms with van der Waals surface area (Å²) in [6.45, 7) is 0. The molecule has 1 aromatic carbocycles. The monoisotopic (exact) mass is 307 g/mol. The first-order valence-electron chi connectivity index (χ1n) is 6.49. The van der Waals surface area contributed by atoms with Gasteiger partial charge in [-0.1, -0.05) is 23.9 Å². The highest BCUT2D eigenvalue weighted by molar-refractivity contribution is 8.13. The van der Waals surface area contributed by atoms with E-state index in [4.69, 9.17) is 5.11 Å². The van der Waals surface area contributed by atoms with E-state index in [0.29, 0.717) is 11.1 Å². The van der Waals surface area contributed by atoms with Crippen molar-refractivity contribution >= 4 is 28.7 Å². The van der Waals surface area contributed by atoms with Gasteiger partial charge >= 0.3 is 6.09 Å². The quantitative estimate of drug-likeness (QED) is 0.645. The van der Waals surface area contributed by atoms with E-state index in [0.717, 1.165) is 24.2 Å². The third-order valence-electron chi connectivity index (χ3n) is 3.85. The summed E-state index contributed by atoms with van der Waals surface area (Å²) in [4.78, 5) is 25.8. The Balaban J connectivity index is 1.97. The molecule has 2 N–H and O–H groups in total. The van der Waals surface area contributed by atoms with E-state index in [2.05, 4.69) is 10.3 Å². The zero-order valence-corrected chi connectivity index (χ0v) is 11.8. The summed E-state index contributed by atoms with van der Waals surface area (Å²) < 4.78 is 0. The van der Waals surface area contributed by atoms with Crippen LogP contribution in [0.5, 0.6) is 0 Å². The van der Waals surface area contributed by atoms with Gasteiger partial charge in [-0.3, -0.25) is 20.4 Å². The lowest BCUT2D eigenvalue weighted by molar-refractivity contribution is -0.384. The van der Waals surface area contributed by atoms with E-state index in [1.54, 1.807) is 6.07 Å². The Morgan fingerprint density at radius 2 is 2.38 bits per heavy atom. The highest BCUT2D eigenvalue weighted by atomic mass is 32.2. The number of amides is 1. The Morgan fingerprint density at radius 1 is 1.57 bits per heavy atom. The van der Waals surface area contributed by atoms with E-state index in [1.165, 1.54) is 23.9 Å². The fourth-order valence-electron chi connectivity index (χ4n) is 2.77. The number of non-ortho nitro benzene ring substituents is 1. The molecule has 3 rings (SSSR count). The number of nitrogens with one attached hydrogen (secondary N) is 1. The van der Waals surface area contributed by atoms with Crippen LogP contribution in [0.1, 0.15) is 18.4 Å². The minimum Gasteiger partial charge on any atom is -0.465 e. The number of nitro groups is 1. The lowest BCUT2D eigenvalue weighted by atomic mass is 10.0. The molecule has 1 heterocycles. The number of carboxylic acid groups (broad SMARTS) is 1. The van der Waals surface area contributed by atoms with Crippen molar-refractivity contribution < 1.29 is 14.8 Å². The molecule has 1 saturated carbocycles. The number of nitro benzene ring substituents is 1. The maximum absolute atomic E-state index is 10.9. The first-order chi connectivity index (χ1) is 10.0. The molecule has 8 heteroatoms. The number of aliphatic imine (C=N–C) groups is 1. The van der Waals surface area contributed by atoms with Crippen molar-refractivity contribution in [3.63, 3.8) is 0 Å². The largest absolute Gasteiger partial charge is 0.465 e. The molecular weight excluding hydrogens is 294 g/mol. The fraction of sp³-hybridized carbons (Fsp3) is 0.385. The van der Waals surface area contributed by atoms with Gasteiger partial charge in [-0.25, -0.2) is 4.79 Å². The molecule has 0 spiro atoms. The number of amidine groups is 1. The standard InChI is InChI=1S/C13H13N3O4S/c17-12(18)14-11-15-13(7-9(13)4-5-21-11)8-2-1-3-10(6-8)16(19)20/h1-3,6,9H,4-5,7H2,(H,14,15)(H,17,18). The van der Waals surface area contributed by atoms with Crippen LogP contribution in [0.25, 0.3) is 0 Å². The van der Waals surface area contributed by atoms with E-state index in [-0.39, 0.29) is 5.69 Å². The summed E-state index contributed by atoms with van der Waals surface area (Å²) in [7, 11) is 0. The van der Waals surface area contributed by atoms with E-state index in [9.17, 15) is 14.9 Å². The number of carbonyl (C=O) groups is 1. The molecular formula is C13H13N3O4S. The number of nitrogens with zero attached hydrogens (tertiary/aromatic N) is 2. The molecule has 7 nitrogen and oxygen atoms in total. The minimum absolute atomic E-state index is 0.0346. The van der Waals surface area contributed by atoms with Gasteiger partial charge in [0.1, 0.15) is 0 Å². The zero-order chi connectivity index (χ0) is 15.0. The molecule has 1 aromatic rings. The van der Waals surface area contributed by atoms with E-state index >= 15 is 0 Å². The molecule has 1 fully saturated rings. The topological polar surface area (TPSA) is 105 Å². The average molecular weight is 307 g/mol. The highest BCUT2D eigenvalue weighted by Gasteiger charge is 2.56. The van der Waals surface area contributed by atoms with Gasteiger partial charge in [0.05, 0.1) is 10.5 Å². The molecule has 21 heavy (non-hydrogen) atoms. The van der Waals surface area contributed by atoms with Gasteiger partial charge < -0.3 is 5.11 Å². The van der Waals surface area contributed by atoms with Crippen LogP contribution < -0.4 is 5.32 Å². The molecule has 1 amide bonds. The molecule has 1 aliphatic carbocycles. The summed E-state index contributed by atoms with van der Waals surface area (Å²) in [5.74, 6) is 1.11. The van der Waals surface area contributed by atoms with E-state index < -0.39 is 16.6 Å². The fourth-order valence-corrected chi connectivity index (χ4v) is 3.75. The summed E-state index contributed by atoms with van der Waals surface area (Å²) in [6, 6.07) is 6.46. The van der Waals surface area contributed by atoms with Crippen molar-refractivity contribution in [3.8, 4) is 0 Å². The van der Waals surface area contributed by atoms with Crippen molar-refractivity contribution in [1.82, 2.24) is 5.32 Å². The smallest absolute Gasteiger partial charge is 0.410 e. The van der Waals surface area contributed by atoms with Crippen molar-refractivity contribution in [2.24, 2.45) is 10.9 Å². The van der Waals surface area contributed by atoms with Gasteiger partial charge in [0.25, 0.3) is 5.69 Å². The van der Waals surface area contributed by atoms with Crippen LogP contribution >= 0.6 is 11.8 Å². The molecule has 0 bridgehead atoms. The SMILES string of the molecule is O=C(O)NC1=NC2(c3cccc([N+](=O)[O-])c3)CC2CCS1. The van der Waals surface area contributed by atoms with Crippen LogP contribution in [0.2, 0.25) is 0 Å². The Labute approximate surface area is 124 Å². The molecule has 2 aliphatic rings. The Bertz CT molecular complexity index is 648. The molecule has 1 aliphatic heterocycles. The Morgan fingerprint density at radius 3 is 3.10 bits per heavy atom. The third kappa shape index (κ3) is 2.58. The number of benzene rings is 1. The average Bonchev–Trinajstić information content (AvgIpc) is 3.13. The number of fused-ring (bicyclic) bond motifs is 1. The summed E-state index contributed by atoms with van der Waals surface area (Å²) in [5.41, 5.74) is 0.314. The maximum Gasteiger partial charge on any atom is 0.410 e. The van der Waals surface area contributed by atoms with Crippen LogP contribution in [0.3, 0.4) is 0 Å². The second-order valence-corrected chi connectivity index (χ2v) is 6.20. The molecule has 0 aromatic heterocycles. The molecule has 2 atom stereocenters. The predicted octanol–water partition coefficient (Wildman–Crippen LogP) is 2.57. The van der Waals surface area contributed by atoms with Crippen LogP contribution in [-0.4, -0.2) is 27.0 Å². The van der Waals surface area contributed by atoms with Crippen molar-refractivity contribution in [1.29, 1.82) is 0 Å². The van der Waals surface area contributed by atoms with Gasteiger partial charge in [-0.05, 0) is 24.3 Å². The third-order valence-corrected chi connectivity index (χ3v) is 4.76. The zero-order valence-electron chi connectivity index (χ0n) is 11.0. The number of rotatable bonds is 2. The molecule has 0 saturated heterocycles. The van der Waals surface area contributed by atoms with Crippen LogP contribution in [0.15, 0.2) is 29.3 Å². The molecule has 2 unspecified atom stereocenters. The van der Waals surface area contributed by atoms with E-state index in [1.807, 2.05) is 6.07 Å². The van der Waals surface area contributed by atoms with Crippen molar-refractivity contribution in [3.05, 3.63) is 39.9 Å². The summed E-state index contributed by atoms with van der Waals surface area (Å²) in [6.07, 6.45) is 0.579. The van der Waals surface area contributed by atoms with Gasteiger partial charge in [0, 0.05) is 17.9 Å². The first-order valence-corrected chi connectivity index (χ1v) is 7.47. The minimum atomic E-state index is -1.14. The van der Waals surface area contributed by atoms with Gasteiger partial charge in [0.2, 0.25) is 0 Å². The van der Waals surface area contributed by atoms with Crippen molar-refractivity contribution in [2.45, 2.75) is 18.4 Å². The van der Waals surface area contributed by atoms with Crippen LogP contribution in [0, 0.1) is 16.0 Å². The van der Waals surface area contributed by atoms with Gasteiger partial charge in [-0.15, -0.1) is 0 Å². The van der Waals surface area contributed by atoms with Crippen molar-refractivity contribution in [2.75, 3.05) is 5.75 Å². The molecule has 0 radical (unpaired) electrons. The number of hydrogen-bond donors (Lipinski definition) is 2. The second-order valence-electron chi connectivity index (χ2n) is 5.12. The van der Waals surface area contributed by atoms with Gasteiger partial charge in [0.15, 0.2) is 5.17 Å². The van der Waals surface area contributed by atoms with Crippen LogP contribution in [0.4, 0.5) is 10.5 Å². The number of hydrogen-bond acceptors (Lipinski definition) is 5. The number of thioether (sulfide) groups is 1. The lowest BCUT2D eigenvalue weighted by Crippen LogP contribution is -2.27. The predicted molar refractivity (Wildman–Crippen MR) is 78.6 cm³/mol. The highest BCUT2D eigenvalue weighted by Crippen LogP contribution is 2.59. The first kappa shape index (κ1) is 13.9. The van der Waals surface area contributed by atoms with Gasteiger partial charge in [-0.2, -0.15) is 0 Å². The normalized spacial score (nSPS) is 27.0. The Hall–Kier alpha value is -2.09. The lowest BCUT2D eigenvalue weighted by Gasteiger charge is -2.13. The summed E-state index contributed by atoms with van der Waals surface area (Å²) >= 11 is 1.37.